The van der Waals surface area contributed by atoms with E-state index in [1.807, 2.05) is 0 Å². The number of likely N-dealkylation sites (N-methyl/N-ethyl adjacent to an activating group) is 1. The van der Waals surface area contributed by atoms with Crippen LogP contribution in [0, 0.1) is 0 Å². The molecule has 1 aliphatic heterocycles. The van der Waals surface area contributed by atoms with Crippen LogP contribution in [-0.4, -0.2) is 44.4 Å². The van der Waals surface area contributed by atoms with Crippen LogP contribution in [0.3, 0.4) is 0 Å². The van der Waals surface area contributed by atoms with Gasteiger partial charge in [0.05, 0.1) is 4.90 Å². The summed E-state index contributed by atoms with van der Waals surface area (Å²) in [7, 11) is -2.44. The summed E-state index contributed by atoms with van der Waals surface area (Å²) < 4.78 is 37.8. The Balaban J connectivity index is 1.99. The molecule has 1 fully saturated rings. The van der Waals surface area contributed by atoms with Crippen molar-refractivity contribution < 1.29 is 22.7 Å². The van der Waals surface area contributed by atoms with E-state index in [9.17, 15) is 13.2 Å². The first-order valence-corrected chi connectivity index (χ1v) is 9.00. The van der Waals surface area contributed by atoms with E-state index in [-0.39, 0.29) is 4.90 Å². The lowest BCUT2D eigenvalue weighted by atomic mass is 9.97. The molecular weight excluding hydrogens is 320 g/mol. The van der Waals surface area contributed by atoms with Crippen LogP contribution < -0.4 is 15.2 Å². The molecule has 0 radical (unpaired) electrons. The summed E-state index contributed by atoms with van der Waals surface area (Å²) in [5.74, 6) is 0.312. The molecular formula is C15H20N2O5S. The number of carbonyl (C=O) groups is 1. The summed E-state index contributed by atoms with van der Waals surface area (Å²) in [6.07, 6.45) is 2.46. The minimum Gasteiger partial charge on any atom is -0.486 e. The average Bonchev–Trinajstić information content (AvgIpc) is 3.04. The van der Waals surface area contributed by atoms with Crippen molar-refractivity contribution in [2.75, 3.05) is 20.3 Å². The predicted molar refractivity (Wildman–Crippen MR) is 82.8 cm³/mol. The summed E-state index contributed by atoms with van der Waals surface area (Å²) in [6, 6.07) is 4.47. The topological polar surface area (TPSA) is 98.9 Å². The molecule has 2 N–H and O–H groups in total. The van der Waals surface area contributed by atoms with Gasteiger partial charge < -0.3 is 15.2 Å². The lowest BCUT2D eigenvalue weighted by Gasteiger charge is -2.35. The summed E-state index contributed by atoms with van der Waals surface area (Å²) in [5, 5.41) is 0. The van der Waals surface area contributed by atoms with Crippen molar-refractivity contribution >= 4 is 15.9 Å². The van der Waals surface area contributed by atoms with Gasteiger partial charge >= 0.3 is 0 Å². The normalized spacial score (nSPS) is 19.7. The summed E-state index contributed by atoms with van der Waals surface area (Å²) >= 11 is 0. The van der Waals surface area contributed by atoms with E-state index in [2.05, 4.69) is 0 Å². The zero-order chi connectivity index (χ0) is 16.7. The number of nitrogens with zero attached hydrogens (tertiary/aromatic N) is 1. The third kappa shape index (κ3) is 2.55. The summed E-state index contributed by atoms with van der Waals surface area (Å²) in [5.41, 5.74) is 4.38. The average molecular weight is 340 g/mol. The highest BCUT2D eigenvalue weighted by atomic mass is 32.2. The predicted octanol–water partition coefficient (Wildman–Crippen LogP) is 0.876. The molecule has 3 rings (SSSR count). The molecule has 0 bridgehead atoms. The molecule has 0 aromatic heterocycles. The first-order chi connectivity index (χ1) is 10.9. The first-order valence-electron chi connectivity index (χ1n) is 7.56. The number of fused-ring (bicyclic) bond motifs is 1. The lowest BCUT2D eigenvalue weighted by molar-refractivity contribution is -0.126. The highest BCUT2D eigenvalue weighted by Gasteiger charge is 2.48. The molecule has 2 aliphatic rings. The molecule has 1 heterocycles. The number of rotatable bonds is 4. The van der Waals surface area contributed by atoms with Crippen molar-refractivity contribution in [1.82, 2.24) is 4.31 Å². The molecule has 1 amide bonds. The molecule has 1 aliphatic carbocycles. The number of ether oxygens (including phenoxy) is 2. The van der Waals surface area contributed by atoms with Crippen molar-refractivity contribution in [3.05, 3.63) is 18.2 Å². The van der Waals surface area contributed by atoms with E-state index < -0.39 is 21.5 Å². The molecule has 0 spiro atoms. The molecule has 23 heavy (non-hydrogen) atoms. The van der Waals surface area contributed by atoms with Gasteiger partial charge in [0.2, 0.25) is 15.9 Å². The summed E-state index contributed by atoms with van der Waals surface area (Å²) in [4.78, 5) is 12.0. The monoisotopic (exact) mass is 340 g/mol. The molecule has 1 saturated carbocycles. The van der Waals surface area contributed by atoms with Crippen LogP contribution in [0.1, 0.15) is 25.7 Å². The Morgan fingerprint density at radius 1 is 1.17 bits per heavy atom. The van der Waals surface area contributed by atoms with Gasteiger partial charge in [0.1, 0.15) is 18.8 Å². The third-order valence-electron chi connectivity index (χ3n) is 4.66. The van der Waals surface area contributed by atoms with Crippen LogP contribution in [0.25, 0.3) is 0 Å². The second-order valence-corrected chi connectivity index (χ2v) is 7.85. The zero-order valence-electron chi connectivity index (χ0n) is 12.9. The fourth-order valence-corrected chi connectivity index (χ4v) is 4.79. The van der Waals surface area contributed by atoms with E-state index in [0.717, 1.165) is 17.1 Å². The first kappa shape index (κ1) is 16.1. The minimum atomic E-state index is -3.86. The Morgan fingerprint density at radius 3 is 2.39 bits per heavy atom. The van der Waals surface area contributed by atoms with Gasteiger partial charge in [-0.15, -0.1) is 0 Å². The van der Waals surface area contributed by atoms with Crippen molar-refractivity contribution in [2.24, 2.45) is 5.73 Å². The van der Waals surface area contributed by atoms with Crippen molar-refractivity contribution in [3.63, 3.8) is 0 Å². The van der Waals surface area contributed by atoms with Gasteiger partial charge in [0.25, 0.3) is 0 Å². The second-order valence-electron chi connectivity index (χ2n) is 5.88. The Bertz CT molecular complexity index is 725. The minimum absolute atomic E-state index is 0.0665. The molecule has 0 unspecified atom stereocenters. The van der Waals surface area contributed by atoms with Crippen molar-refractivity contribution in [3.8, 4) is 11.5 Å². The fourth-order valence-electron chi connectivity index (χ4n) is 3.25. The Kier molecular flexibility index (Phi) is 3.97. The van der Waals surface area contributed by atoms with E-state index >= 15 is 0 Å². The van der Waals surface area contributed by atoms with Gasteiger partial charge in [-0.25, -0.2) is 8.42 Å². The largest absolute Gasteiger partial charge is 0.486 e. The zero-order valence-corrected chi connectivity index (χ0v) is 13.8. The fraction of sp³-hybridized carbons (Fsp3) is 0.533. The van der Waals surface area contributed by atoms with E-state index in [4.69, 9.17) is 15.2 Å². The molecule has 1 aromatic rings. The summed E-state index contributed by atoms with van der Waals surface area (Å²) in [6.45, 7) is 0.807. The van der Waals surface area contributed by atoms with Gasteiger partial charge in [-0.05, 0) is 25.0 Å². The number of hydrogen-bond donors (Lipinski definition) is 1. The molecule has 0 atom stereocenters. The maximum Gasteiger partial charge on any atom is 0.243 e. The van der Waals surface area contributed by atoms with Gasteiger partial charge in [-0.1, -0.05) is 12.8 Å². The maximum atomic E-state index is 12.9. The highest BCUT2D eigenvalue weighted by molar-refractivity contribution is 7.89. The highest BCUT2D eigenvalue weighted by Crippen LogP contribution is 2.39. The standard InChI is InChI=1S/C15H20N2O5S/c1-17(15(14(16)18)6-2-3-7-15)23(19,20)11-4-5-12-13(10-11)22-9-8-21-12/h4-5,10H,2-3,6-9H2,1H3,(H2,16,18). The number of nitrogens with two attached hydrogens (primary N) is 1. The van der Waals surface area contributed by atoms with Crippen LogP contribution >= 0.6 is 0 Å². The van der Waals surface area contributed by atoms with Crippen LogP contribution in [0.5, 0.6) is 11.5 Å². The van der Waals surface area contributed by atoms with Gasteiger partial charge in [0.15, 0.2) is 11.5 Å². The quantitative estimate of drug-likeness (QED) is 0.877. The number of sulfonamides is 1. The van der Waals surface area contributed by atoms with Crippen LogP contribution in [0.4, 0.5) is 0 Å². The molecule has 0 saturated heterocycles. The Morgan fingerprint density at radius 2 is 1.78 bits per heavy atom. The number of hydrogen-bond acceptors (Lipinski definition) is 5. The number of carbonyl (C=O) groups excluding carboxylic acids is 1. The maximum absolute atomic E-state index is 12.9. The van der Waals surface area contributed by atoms with Gasteiger partial charge in [-0.2, -0.15) is 4.31 Å². The smallest absolute Gasteiger partial charge is 0.243 e. The van der Waals surface area contributed by atoms with Crippen LogP contribution in [0.15, 0.2) is 23.1 Å². The molecule has 8 heteroatoms. The number of benzene rings is 1. The molecule has 1 aromatic carbocycles. The number of primary amides is 1. The van der Waals surface area contributed by atoms with Gasteiger partial charge in [0, 0.05) is 13.1 Å². The molecule has 7 nitrogen and oxygen atoms in total. The van der Waals surface area contributed by atoms with Gasteiger partial charge in [-0.3, -0.25) is 4.79 Å². The molecule has 126 valence electrons. The Hall–Kier alpha value is -1.80. The third-order valence-corrected chi connectivity index (χ3v) is 6.58. The van der Waals surface area contributed by atoms with Crippen molar-refractivity contribution in [2.45, 2.75) is 36.1 Å². The van der Waals surface area contributed by atoms with Crippen LogP contribution in [-0.2, 0) is 14.8 Å². The SMILES string of the molecule is CN(C1(C(N)=O)CCCC1)S(=O)(=O)c1ccc2c(c1)OCCO2. The van der Waals surface area contributed by atoms with Crippen LogP contribution in [0.2, 0.25) is 0 Å². The van der Waals surface area contributed by atoms with Crippen molar-refractivity contribution in [1.29, 1.82) is 0 Å². The lowest BCUT2D eigenvalue weighted by Crippen LogP contribution is -2.56. The van der Waals surface area contributed by atoms with E-state index in [1.54, 1.807) is 6.07 Å². The number of amides is 1. The second kappa shape index (κ2) is 5.68. The van der Waals surface area contributed by atoms with E-state index in [0.29, 0.717) is 37.6 Å². The van der Waals surface area contributed by atoms with E-state index in [1.165, 1.54) is 19.2 Å². The Labute approximate surface area is 135 Å².